The van der Waals surface area contributed by atoms with E-state index in [4.69, 9.17) is 9.47 Å². The van der Waals surface area contributed by atoms with Gasteiger partial charge in [0.15, 0.2) is 0 Å². The van der Waals surface area contributed by atoms with Crippen LogP contribution in [0.25, 0.3) is 0 Å². The number of nitrogens with one attached hydrogen (secondary N) is 1. The highest BCUT2D eigenvalue weighted by Gasteiger charge is 2.50. The molecule has 1 aromatic rings. The van der Waals surface area contributed by atoms with Gasteiger partial charge in [-0.15, -0.1) is 0 Å². The minimum atomic E-state index is -2.22. The van der Waals surface area contributed by atoms with Crippen molar-refractivity contribution in [1.29, 1.82) is 0 Å². The van der Waals surface area contributed by atoms with Crippen molar-refractivity contribution in [2.75, 3.05) is 18.1 Å². The number of ether oxygens (including phenoxy) is 2. The maximum atomic E-state index is 14.7. The summed E-state index contributed by atoms with van der Waals surface area (Å²) < 4.78 is 24.6. The molecule has 10 heteroatoms. The molecule has 1 saturated heterocycles. The highest BCUT2D eigenvalue weighted by molar-refractivity contribution is 6.19. The van der Waals surface area contributed by atoms with Crippen molar-refractivity contribution < 1.29 is 37.8 Å². The molecule has 0 atom stereocenters. The summed E-state index contributed by atoms with van der Waals surface area (Å²) in [6.45, 7) is 4.04. The zero-order valence-corrected chi connectivity index (χ0v) is 17.0. The van der Waals surface area contributed by atoms with Crippen LogP contribution in [0.2, 0.25) is 0 Å². The van der Waals surface area contributed by atoms with Gasteiger partial charge in [0.2, 0.25) is 23.3 Å². The van der Waals surface area contributed by atoms with Crippen LogP contribution < -0.4 is 10.2 Å². The Kier molecular flexibility index (Phi) is 7.25. The summed E-state index contributed by atoms with van der Waals surface area (Å²) in [5, 5.41) is 2.29. The van der Waals surface area contributed by atoms with E-state index in [0.717, 1.165) is 17.9 Å². The summed E-state index contributed by atoms with van der Waals surface area (Å²) in [6, 6.07) is 3.55. The minimum Gasteiger partial charge on any atom is -0.464 e. The van der Waals surface area contributed by atoms with E-state index in [1.54, 1.807) is 0 Å². The zero-order valence-electron chi connectivity index (χ0n) is 17.0. The molecule has 1 aliphatic rings. The Morgan fingerprint density at radius 2 is 1.60 bits per heavy atom. The lowest BCUT2D eigenvalue weighted by molar-refractivity contribution is -0.168. The Morgan fingerprint density at radius 1 is 1.07 bits per heavy atom. The molecule has 1 aliphatic heterocycles. The lowest BCUT2D eigenvalue weighted by Crippen LogP contribution is -2.62. The van der Waals surface area contributed by atoms with E-state index in [2.05, 4.69) is 5.32 Å². The van der Waals surface area contributed by atoms with Crippen LogP contribution in [-0.4, -0.2) is 48.4 Å². The molecule has 2 rings (SSSR count). The molecule has 0 aromatic heterocycles. The average Bonchev–Trinajstić information content (AvgIpc) is 3.00. The van der Waals surface area contributed by atoms with Gasteiger partial charge in [-0.05, 0) is 31.5 Å². The summed E-state index contributed by atoms with van der Waals surface area (Å²) >= 11 is 0. The molecule has 0 saturated carbocycles. The molecule has 1 heterocycles. The van der Waals surface area contributed by atoms with Crippen LogP contribution in [0.4, 0.5) is 10.1 Å². The van der Waals surface area contributed by atoms with Crippen LogP contribution in [0, 0.1) is 5.82 Å². The Morgan fingerprint density at radius 3 is 2.03 bits per heavy atom. The average molecular weight is 422 g/mol. The number of carbonyl (C=O) groups excluding carboxylic acids is 5. The lowest BCUT2D eigenvalue weighted by Gasteiger charge is -2.30. The number of benzene rings is 1. The molecular weight excluding hydrogens is 399 g/mol. The standard InChI is InChI=1S/C20H23FN2O7/c1-4-29-18(27)20(22-12(3)24,19(28)30-5-2)11-13-6-7-15(14(21)10-13)23-16(25)8-9-17(23)26/h6-7,10H,4-5,8-9,11H2,1-3H3,(H,22,24). The van der Waals surface area contributed by atoms with Gasteiger partial charge in [0.1, 0.15) is 5.82 Å². The number of anilines is 1. The number of halogens is 1. The largest absolute Gasteiger partial charge is 0.464 e. The van der Waals surface area contributed by atoms with Gasteiger partial charge < -0.3 is 14.8 Å². The maximum Gasteiger partial charge on any atom is 0.344 e. The van der Waals surface area contributed by atoms with Gasteiger partial charge in [0, 0.05) is 26.2 Å². The first-order valence-electron chi connectivity index (χ1n) is 9.43. The molecule has 0 aliphatic carbocycles. The Bertz CT molecular complexity index is 850. The van der Waals surface area contributed by atoms with Crippen molar-refractivity contribution in [3.63, 3.8) is 0 Å². The van der Waals surface area contributed by atoms with E-state index in [9.17, 15) is 28.4 Å². The second kappa shape index (κ2) is 9.47. The number of nitrogens with zero attached hydrogens (tertiary/aromatic N) is 1. The van der Waals surface area contributed by atoms with E-state index in [-0.39, 0.29) is 37.3 Å². The molecule has 1 N–H and O–H groups in total. The van der Waals surface area contributed by atoms with E-state index < -0.39 is 47.4 Å². The second-order valence-electron chi connectivity index (χ2n) is 6.61. The molecule has 0 radical (unpaired) electrons. The van der Waals surface area contributed by atoms with Gasteiger partial charge in [-0.2, -0.15) is 0 Å². The van der Waals surface area contributed by atoms with Gasteiger partial charge in [0.05, 0.1) is 18.9 Å². The van der Waals surface area contributed by atoms with Crippen molar-refractivity contribution in [3.8, 4) is 0 Å². The molecule has 0 spiro atoms. The second-order valence-corrected chi connectivity index (χ2v) is 6.61. The quantitative estimate of drug-likeness (QED) is 0.377. The predicted octanol–water partition coefficient (Wildman–Crippen LogP) is 1.02. The highest BCUT2D eigenvalue weighted by atomic mass is 19.1. The number of hydrogen-bond acceptors (Lipinski definition) is 7. The molecule has 1 aromatic carbocycles. The van der Waals surface area contributed by atoms with Crippen LogP contribution in [-0.2, 0) is 39.9 Å². The summed E-state index contributed by atoms with van der Waals surface area (Å²) in [6.07, 6.45) is -0.460. The van der Waals surface area contributed by atoms with Crippen LogP contribution in [0.1, 0.15) is 39.2 Å². The summed E-state index contributed by atoms with van der Waals surface area (Å²) in [7, 11) is 0. The third kappa shape index (κ3) is 4.64. The number of carbonyl (C=O) groups is 5. The van der Waals surface area contributed by atoms with Crippen molar-refractivity contribution >= 4 is 35.3 Å². The third-order valence-electron chi connectivity index (χ3n) is 4.41. The first kappa shape index (κ1) is 23.0. The monoisotopic (exact) mass is 422 g/mol. The molecule has 0 unspecified atom stereocenters. The van der Waals surface area contributed by atoms with Crippen molar-refractivity contribution in [2.45, 2.75) is 45.6 Å². The molecule has 1 fully saturated rings. The number of esters is 2. The fourth-order valence-corrected chi connectivity index (χ4v) is 3.18. The van der Waals surface area contributed by atoms with Crippen LogP contribution in [0.5, 0.6) is 0 Å². The van der Waals surface area contributed by atoms with Crippen LogP contribution in [0.15, 0.2) is 18.2 Å². The third-order valence-corrected chi connectivity index (χ3v) is 4.41. The van der Waals surface area contributed by atoms with Gasteiger partial charge in [-0.3, -0.25) is 14.4 Å². The maximum absolute atomic E-state index is 14.7. The van der Waals surface area contributed by atoms with Crippen LogP contribution >= 0.6 is 0 Å². The van der Waals surface area contributed by atoms with Gasteiger partial charge >= 0.3 is 11.9 Å². The summed E-state index contributed by atoms with van der Waals surface area (Å²) in [5.41, 5.74) is -2.29. The topological polar surface area (TPSA) is 119 Å². The highest BCUT2D eigenvalue weighted by Crippen LogP contribution is 2.28. The first-order valence-corrected chi connectivity index (χ1v) is 9.43. The number of amides is 3. The Balaban J connectivity index is 2.45. The molecule has 9 nitrogen and oxygen atoms in total. The Labute approximate surface area is 172 Å². The molecule has 3 amide bonds. The predicted molar refractivity (Wildman–Crippen MR) is 102 cm³/mol. The molecule has 0 bridgehead atoms. The minimum absolute atomic E-state index is 0.00259. The lowest BCUT2D eigenvalue weighted by atomic mass is 9.90. The SMILES string of the molecule is CCOC(=O)C(Cc1ccc(N2C(=O)CCC2=O)c(F)c1)(NC(C)=O)C(=O)OCC. The van der Waals surface area contributed by atoms with Crippen molar-refractivity contribution in [1.82, 2.24) is 5.32 Å². The summed E-state index contributed by atoms with van der Waals surface area (Å²) in [4.78, 5) is 61.5. The number of rotatable bonds is 8. The normalized spacial score (nSPS) is 13.9. The first-order chi connectivity index (χ1) is 14.2. The number of imide groups is 1. The Hall–Kier alpha value is -3.30. The van der Waals surface area contributed by atoms with Crippen molar-refractivity contribution in [2.24, 2.45) is 0 Å². The fourth-order valence-electron chi connectivity index (χ4n) is 3.18. The summed E-state index contributed by atoms with van der Waals surface area (Å²) in [5.74, 6) is -4.71. The van der Waals surface area contributed by atoms with Crippen molar-refractivity contribution in [3.05, 3.63) is 29.6 Å². The molecular formula is C20H23FN2O7. The van der Waals surface area contributed by atoms with Gasteiger partial charge in [0.25, 0.3) is 0 Å². The zero-order chi connectivity index (χ0) is 22.5. The molecule has 162 valence electrons. The number of hydrogen-bond donors (Lipinski definition) is 1. The van der Waals surface area contributed by atoms with Crippen LogP contribution in [0.3, 0.4) is 0 Å². The van der Waals surface area contributed by atoms with E-state index in [1.807, 2.05) is 0 Å². The molecule has 30 heavy (non-hydrogen) atoms. The smallest absolute Gasteiger partial charge is 0.344 e. The van der Waals surface area contributed by atoms with Gasteiger partial charge in [-0.1, -0.05) is 6.07 Å². The van der Waals surface area contributed by atoms with Gasteiger partial charge in [-0.25, -0.2) is 18.9 Å². The van der Waals surface area contributed by atoms with E-state index in [0.29, 0.717) is 0 Å². The van der Waals surface area contributed by atoms with E-state index in [1.165, 1.54) is 26.0 Å². The fraction of sp³-hybridized carbons (Fsp3) is 0.450. The van der Waals surface area contributed by atoms with E-state index >= 15 is 0 Å².